The molecule has 4 rings (SSSR count). The van der Waals surface area contributed by atoms with E-state index in [0.29, 0.717) is 28.1 Å². The summed E-state index contributed by atoms with van der Waals surface area (Å²) in [6.07, 6.45) is -4.48. The van der Waals surface area contributed by atoms with E-state index in [1.807, 2.05) is 0 Å². The maximum atomic E-state index is 13.4. The molecule has 158 valence electrons. The van der Waals surface area contributed by atoms with E-state index in [1.165, 1.54) is 59.3 Å². The van der Waals surface area contributed by atoms with E-state index in [-0.39, 0.29) is 11.6 Å². The average molecular weight is 449 g/mol. The molecular formula is C23H14ClF5N2. The number of alkyl halides is 3. The van der Waals surface area contributed by atoms with Crippen LogP contribution in [0.3, 0.4) is 0 Å². The predicted molar refractivity (Wildman–Crippen MR) is 109 cm³/mol. The van der Waals surface area contributed by atoms with Crippen LogP contribution in [0.25, 0.3) is 22.5 Å². The van der Waals surface area contributed by atoms with Crippen LogP contribution in [-0.2, 0) is 12.7 Å². The summed E-state index contributed by atoms with van der Waals surface area (Å²) in [5.74, 6) is -0.871. The largest absolute Gasteiger partial charge is 0.416 e. The molecule has 0 fully saturated rings. The van der Waals surface area contributed by atoms with Crippen LogP contribution in [0.1, 0.15) is 11.1 Å². The highest BCUT2D eigenvalue weighted by atomic mass is 35.5. The first-order valence-electron chi connectivity index (χ1n) is 9.16. The van der Waals surface area contributed by atoms with Gasteiger partial charge in [0, 0.05) is 11.1 Å². The first kappa shape index (κ1) is 21.1. The summed E-state index contributed by atoms with van der Waals surface area (Å²) >= 11 is 6.60. The first-order chi connectivity index (χ1) is 14.7. The summed E-state index contributed by atoms with van der Waals surface area (Å²) < 4.78 is 67.5. The molecule has 1 aromatic heterocycles. The summed E-state index contributed by atoms with van der Waals surface area (Å²) in [5.41, 5.74) is 1.43. The van der Waals surface area contributed by atoms with Crippen molar-refractivity contribution >= 4 is 11.6 Å². The zero-order valence-electron chi connectivity index (χ0n) is 15.8. The second-order valence-electron chi connectivity index (χ2n) is 6.88. The molecule has 0 spiro atoms. The van der Waals surface area contributed by atoms with E-state index >= 15 is 0 Å². The minimum absolute atomic E-state index is 0.00244. The maximum Gasteiger partial charge on any atom is 0.416 e. The van der Waals surface area contributed by atoms with Crippen molar-refractivity contribution in [3.8, 4) is 22.5 Å². The summed E-state index contributed by atoms with van der Waals surface area (Å²) in [6, 6.07) is 16.0. The number of halogens is 6. The van der Waals surface area contributed by atoms with Gasteiger partial charge in [0.15, 0.2) is 0 Å². The molecule has 4 aromatic rings. The van der Waals surface area contributed by atoms with Crippen LogP contribution >= 0.6 is 11.6 Å². The lowest BCUT2D eigenvalue weighted by molar-refractivity contribution is -0.137. The van der Waals surface area contributed by atoms with Crippen LogP contribution in [-0.4, -0.2) is 9.78 Å². The lowest BCUT2D eigenvalue weighted by Gasteiger charge is -2.11. The molecule has 0 unspecified atom stereocenters. The van der Waals surface area contributed by atoms with Crippen LogP contribution in [0.2, 0.25) is 5.02 Å². The zero-order valence-corrected chi connectivity index (χ0v) is 16.6. The summed E-state index contributed by atoms with van der Waals surface area (Å²) in [4.78, 5) is 0. The second-order valence-corrected chi connectivity index (χ2v) is 7.26. The Kier molecular flexibility index (Phi) is 5.54. The zero-order chi connectivity index (χ0) is 22.2. The summed E-state index contributed by atoms with van der Waals surface area (Å²) in [5, 5.41) is 4.71. The highest BCUT2D eigenvalue weighted by Crippen LogP contribution is 2.37. The number of nitrogens with zero attached hydrogens (tertiary/aromatic N) is 2. The van der Waals surface area contributed by atoms with Crippen LogP contribution in [0.15, 0.2) is 72.8 Å². The standard InChI is InChI=1S/C23H14ClF5N2/c24-20-21(15-4-8-18(25)9-5-15)30-31(22(20)16-6-10-19(26)11-7-16)13-14-2-1-3-17(12-14)23(27,28)29/h1-12H,13H2. The molecule has 8 heteroatoms. The molecule has 0 aliphatic rings. The normalized spacial score (nSPS) is 11.7. The lowest BCUT2D eigenvalue weighted by atomic mass is 10.1. The van der Waals surface area contributed by atoms with Crippen molar-refractivity contribution in [3.05, 3.63) is 101 Å². The van der Waals surface area contributed by atoms with Crippen molar-refractivity contribution < 1.29 is 22.0 Å². The highest BCUT2D eigenvalue weighted by Gasteiger charge is 2.30. The maximum absolute atomic E-state index is 13.4. The molecule has 0 aliphatic heterocycles. The Morgan fingerprint density at radius 1 is 0.806 bits per heavy atom. The number of benzene rings is 3. The third-order valence-electron chi connectivity index (χ3n) is 4.72. The van der Waals surface area contributed by atoms with Crippen molar-refractivity contribution in [1.29, 1.82) is 0 Å². The molecule has 2 nitrogen and oxygen atoms in total. The van der Waals surface area contributed by atoms with Crippen molar-refractivity contribution in [1.82, 2.24) is 9.78 Å². The van der Waals surface area contributed by atoms with Gasteiger partial charge in [-0.3, -0.25) is 4.68 Å². The Morgan fingerprint density at radius 3 is 1.97 bits per heavy atom. The number of hydrogen-bond donors (Lipinski definition) is 0. The average Bonchev–Trinajstić information content (AvgIpc) is 3.05. The van der Waals surface area contributed by atoms with Crippen LogP contribution < -0.4 is 0 Å². The topological polar surface area (TPSA) is 17.8 Å². The molecule has 0 saturated heterocycles. The smallest absolute Gasteiger partial charge is 0.258 e. The minimum Gasteiger partial charge on any atom is -0.258 e. The van der Waals surface area contributed by atoms with Gasteiger partial charge in [0.05, 0.1) is 22.8 Å². The summed E-state index contributed by atoms with van der Waals surface area (Å²) in [7, 11) is 0. The molecule has 0 aliphatic carbocycles. The molecule has 0 amide bonds. The molecule has 0 atom stereocenters. The molecule has 1 heterocycles. The predicted octanol–water partition coefficient (Wildman–Crippen LogP) is 7.22. The van der Waals surface area contributed by atoms with Gasteiger partial charge in [-0.2, -0.15) is 18.3 Å². The Bertz CT molecular complexity index is 1210. The number of aromatic nitrogens is 2. The van der Waals surface area contributed by atoms with Gasteiger partial charge in [-0.15, -0.1) is 0 Å². The Morgan fingerprint density at radius 2 is 1.39 bits per heavy atom. The first-order valence-corrected chi connectivity index (χ1v) is 9.54. The molecule has 3 aromatic carbocycles. The van der Waals surface area contributed by atoms with E-state index in [0.717, 1.165) is 12.1 Å². The van der Waals surface area contributed by atoms with E-state index in [2.05, 4.69) is 5.10 Å². The molecule has 31 heavy (non-hydrogen) atoms. The Balaban J connectivity index is 1.83. The molecular weight excluding hydrogens is 435 g/mol. The van der Waals surface area contributed by atoms with Crippen LogP contribution in [0.4, 0.5) is 22.0 Å². The highest BCUT2D eigenvalue weighted by molar-refractivity contribution is 6.35. The Hall–Kier alpha value is -3.19. The van der Waals surface area contributed by atoms with E-state index in [9.17, 15) is 22.0 Å². The van der Waals surface area contributed by atoms with Gasteiger partial charge in [-0.25, -0.2) is 8.78 Å². The minimum atomic E-state index is -4.48. The summed E-state index contributed by atoms with van der Waals surface area (Å²) in [6.45, 7) is -0.00244. The van der Waals surface area contributed by atoms with Gasteiger partial charge < -0.3 is 0 Å². The van der Waals surface area contributed by atoms with E-state index < -0.39 is 23.4 Å². The number of rotatable bonds is 4. The fraction of sp³-hybridized carbons (Fsp3) is 0.0870. The van der Waals surface area contributed by atoms with E-state index in [1.54, 1.807) is 6.07 Å². The quantitative estimate of drug-likeness (QED) is 0.301. The lowest BCUT2D eigenvalue weighted by Crippen LogP contribution is -2.08. The monoisotopic (exact) mass is 448 g/mol. The third kappa shape index (κ3) is 4.46. The van der Waals surface area contributed by atoms with Crippen LogP contribution in [0, 0.1) is 11.6 Å². The SMILES string of the molecule is Fc1ccc(-c2nn(Cc3cccc(C(F)(F)F)c3)c(-c3ccc(F)cc3)c2Cl)cc1. The fourth-order valence-electron chi connectivity index (χ4n) is 3.25. The van der Waals surface area contributed by atoms with Gasteiger partial charge in [-0.05, 0) is 66.2 Å². The Labute approximate surface area is 179 Å². The van der Waals surface area contributed by atoms with Gasteiger partial charge in [0.2, 0.25) is 0 Å². The van der Waals surface area contributed by atoms with Gasteiger partial charge in [0.1, 0.15) is 17.3 Å². The van der Waals surface area contributed by atoms with Gasteiger partial charge >= 0.3 is 6.18 Å². The third-order valence-corrected chi connectivity index (χ3v) is 5.07. The van der Waals surface area contributed by atoms with Crippen molar-refractivity contribution in [2.75, 3.05) is 0 Å². The molecule has 0 saturated carbocycles. The van der Waals surface area contributed by atoms with E-state index in [4.69, 9.17) is 11.6 Å². The van der Waals surface area contributed by atoms with Crippen molar-refractivity contribution in [2.24, 2.45) is 0 Å². The second kappa shape index (κ2) is 8.15. The molecule has 0 N–H and O–H groups in total. The van der Waals surface area contributed by atoms with Crippen molar-refractivity contribution in [2.45, 2.75) is 12.7 Å². The molecule has 0 bridgehead atoms. The molecule has 0 radical (unpaired) electrons. The van der Waals surface area contributed by atoms with Gasteiger partial charge in [0.25, 0.3) is 0 Å². The van der Waals surface area contributed by atoms with Gasteiger partial charge in [-0.1, -0.05) is 23.7 Å². The fourth-order valence-corrected chi connectivity index (χ4v) is 3.60. The van der Waals surface area contributed by atoms with Crippen LogP contribution in [0.5, 0.6) is 0 Å². The number of hydrogen-bond acceptors (Lipinski definition) is 1. The van der Waals surface area contributed by atoms with Crippen molar-refractivity contribution in [3.63, 3.8) is 0 Å².